The second-order valence-corrected chi connectivity index (χ2v) is 8.24. The number of hydrogen-bond acceptors (Lipinski definition) is 4. The molecule has 0 N–H and O–H groups in total. The molecule has 1 aliphatic heterocycles. The van der Waals surface area contributed by atoms with Crippen LogP contribution < -0.4 is 0 Å². The monoisotopic (exact) mass is 370 g/mol. The molecular formula is C21H30N4O2. The molecule has 0 aromatic carbocycles. The Morgan fingerprint density at radius 2 is 2.00 bits per heavy atom. The number of likely N-dealkylation sites (tertiary alicyclic amines) is 1. The van der Waals surface area contributed by atoms with Crippen molar-refractivity contribution in [2.45, 2.75) is 64.5 Å². The van der Waals surface area contributed by atoms with Crippen molar-refractivity contribution in [3.05, 3.63) is 36.3 Å². The minimum absolute atomic E-state index is 0.189. The normalized spacial score (nSPS) is 17.8. The van der Waals surface area contributed by atoms with E-state index in [4.69, 9.17) is 4.74 Å². The van der Waals surface area contributed by atoms with E-state index in [0.717, 1.165) is 55.6 Å². The van der Waals surface area contributed by atoms with Crippen LogP contribution in [0.2, 0.25) is 0 Å². The Kier molecular flexibility index (Phi) is 5.82. The smallest absolute Gasteiger partial charge is 0.410 e. The van der Waals surface area contributed by atoms with E-state index in [1.807, 2.05) is 49.5 Å². The van der Waals surface area contributed by atoms with Crippen LogP contribution in [0.5, 0.6) is 0 Å². The molecule has 1 unspecified atom stereocenters. The van der Waals surface area contributed by atoms with Crippen molar-refractivity contribution in [3.8, 4) is 11.3 Å². The van der Waals surface area contributed by atoms with E-state index in [0.29, 0.717) is 0 Å². The van der Waals surface area contributed by atoms with E-state index in [1.165, 1.54) is 0 Å². The lowest BCUT2D eigenvalue weighted by molar-refractivity contribution is 0.00887. The minimum Gasteiger partial charge on any atom is -0.444 e. The van der Waals surface area contributed by atoms with Crippen LogP contribution in [0.3, 0.4) is 0 Å². The number of aromatic nitrogens is 3. The predicted molar refractivity (Wildman–Crippen MR) is 105 cm³/mol. The summed E-state index contributed by atoms with van der Waals surface area (Å²) in [6.45, 7) is 6.53. The van der Waals surface area contributed by atoms with Gasteiger partial charge in [0.05, 0.1) is 11.4 Å². The number of carbonyl (C=O) groups is 1. The maximum absolute atomic E-state index is 12.6. The molecule has 146 valence electrons. The highest BCUT2D eigenvalue weighted by atomic mass is 16.6. The van der Waals surface area contributed by atoms with Gasteiger partial charge in [0.25, 0.3) is 0 Å². The summed E-state index contributed by atoms with van der Waals surface area (Å²) in [6.07, 6.45) is 8.40. The number of ether oxygens (including phenoxy) is 1. The molecule has 1 saturated heterocycles. The number of amides is 1. The van der Waals surface area contributed by atoms with Gasteiger partial charge in [-0.05, 0) is 71.1 Å². The zero-order valence-corrected chi connectivity index (χ0v) is 16.8. The molecule has 0 radical (unpaired) electrons. The van der Waals surface area contributed by atoms with Gasteiger partial charge in [-0.2, -0.15) is 5.10 Å². The molecule has 1 aliphatic rings. The quantitative estimate of drug-likeness (QED) is 0.809. The predicted octanol–water partition coefficient (Wildman–Crippen LogP) is 4.20. The highest BCUT2D eigenvalue weighted by Crippen LogP contribution is 2.25. The summed E-state index contributed by atoms with van der Waals surface area (Å²) in [4.78, 5) is 18.6. The topological polar surface area (TPSA) is 60.2 Å². The van der Waals surface area contributed by atoms with E-state index in [2.05, 4.69) is 16.1 Å². The number of aryl methyl sites for hydroxylation is 2. The first-order valence-electron chi connectivity index (χ1n) is 9.76. The fourth-order valence-corrected chi connectivity index (χ4v) is 3.62. The molecule has 0 bridgehead atoms. The molecule has 0 spiro atoms. The van der Waals surface area contributed by atoms with Crippen molar-refractivity contribution in [2.24, 2.45) is 7.05 Å². The van der Waals surface area contributed by atoms with Crippen LogP contribution in [0.15, 0.2) is 30.6 Å². The zero-order chi connectivity index (χ0) is 19.4. The molecular weight excluding hydrogens is 340 g/mol. The molecule has 6 heteroatoms. The first kappa shape index (κ1) is 19.4. The van der Waals surface area contributed by atoms with Crippen molar-refractivity contribution in [3.63, 3.8) is 0 Å². The average Bonchev–Trinajstić information content (AvgIpc) is 3.00. The van der Waals surface area contributed by atoms with Crippen molar-refractivity contribution in [2.75, 3.05) is 6.54 Å². The molecule has 0 saturated carbocycles. The molecule has 2 aromatic rings. The Hall–Kier alpha value is -2.37. The summed E-state index contributed by atoms with van der Waals surface area (Å²) in [5.74, 6) is 0. The van der Waals surface area contributed by atoms with Crippen LogP contribution in [0.1, 0.15) is 52.1 Å². The first-order valence-corrected chi connectivity index (χ1v) is 9.76. The average molecular weight is 370 g/mol. The van der Waals surface area contributed by atoms with Gasteiger partial charge < -0.3 is 9.64 Å². The molecule has 1 amide bonds. The van der Waals surface area contributed by atoms with Crippen LogP contribution >= 0.6 is 0 Å². The number of nitrogens with zero attached hydrogens (tertiary/aromatic N) is 4. The summed E-state index contributed by atoms with van der Waals surface area (Å²) >= 11 is 0. The highest BCUT2D eigenvalue weighted by molar-refractivity contribution is 5.68. The van der Waals surface area contributed by atoms with Gasteiger partial charge in [0.2, 0.25) is 0 Å². The Morgan fingerprint density at radius 3 is 2.70 bits per heavy atom. The zero-order valence-electron chi connectivity index (χ0n) is 16.8. The second-order valence-electron chi connectivity index (χ2n) is 8.24. The molecule has 1 fully saturated rings. The third-order valence-corrected chi connectivity index (χ3v) is 4.90. The number of carbonyl (C=O) groups excluding carboxylic acids is 1. The Bertz CT molecular complexity index is 764. The number of rotatable bonds is 4. The van der Waals surface area contributed by atoms with Crippen molar-refractivity contribution >= 4 is 6.09 Å². The third kappa shape index (κ3) is 5.08. The fourth-order valence-electron chi connectivity index (χ4n) is 3.62. The SMILES string of the molecule is Cn1nc(CCC2CCCCN2C(=O)OC(C)(C)C)cc1-c1ccncc1. The van der Waals surface area contributed by atoms with Gasteiger partial charge in [0, 0.05) is 37.6 Å². The summed E-state index contributed by atoms with van der Waals surface area (Å²) in [6, 6.07) is 6.34. The molecule has 3 rings (SSSR count). The van der Waals surface area contributed by atoms with Gasteiger partial charge in [-0.15, -0.1) is 0 Å². The number of piperidine rings is 1. The molecule has 3 heterocycles. The first-order chi connectivity index (χ1) is 12.8. The summed E-state index contributed by atoms with van der Waals surface area (Å²) < 4.78 is 7.52. The van der Waals surface area contributed by atoms with Crippen LogP contribution in [0.4, 0.5) is 4.79 Å². The lowest BCUT2D eigenvalue weighted by Gasteiger charge is -2.36. The Labute approximate surface area is 161 Å². The maximum Gasteiger partial charge on any atom is 0.410 e. The van der Waals surface area contributed by atoms with Gasteiger partial charge >= 0.3 is 6.09 Å². The van der Waals surface area contributed by atoms with Gasteiger partial charge in [-0.25, -0.2) is 4.79 Å². The van der Waals surface area contributed by atoms with Gasteiger partial charge in [-0.1, -0.05) is 0 Å². The second kappa shape index (κ2) is 8.11. The summed E-state index contributed by atoms with van der Waals surface area (Å²) in [5.41, 5.74) is 2.79. The highest BCUT2D eigenvalue weighted by Gasteiger charge is 2.30. The molecule has 27 heavy (non-hydrogen) atoms. The summed E-state index contributed by atoms with van der Waals surface area (Å²) in [5, 5.41) is 4.66. The lowest BCUT2D eigenvalue weighted by atomic mass is 9.97. The minimum atomic E-state index is -0.459. The lowest BCUT2D eigenvalue weighted by Crippen LogP contribution is -2.46. The van der Waals surface area contributed by atoms with E-state index < -0.39 is 5.60 Å². The van der Waals surface area contributed by atoms with Gasteiger partial charge in [0.15, 0.2) is 0 Å². The van der Waals surface area contributed by atoms with Crippen molar-refractivity contribution in [1.82, 2.24) is 19.7 Å². The molecule has 6 nitrogen and oxygen atoms in total. The Morgan fingerprint density at radius 1 is 1.26 bits per heavy atom. The van der Waals surface area contributed by atoms with Crippen LogP contribution in [-0.2, 0) is 18.2 Å². The fraction of sp³-hybridized carbons (Fsp3) is 0.571. The van der Waals surface area contributed by atoms with Gasteiger partial charge in [-0.3, -0.25) is 9.67 Å². The van der Waals surface area contributed by atoms with E-state index in [9.17, 15) is 4.79 Å². The summed E-state index contributed by atoms with van der Waals surface area (Å²) in [7, 11) is 1.97. The van der Waals surface area contributed by atoms with Crippen LogP contribution in [-0.4, -0.2) is 43.9 Å². The van der Waals surface area contributed by atoms with Crippen LogP contribution in [0.25, 0.3) is 11.3 Å². The number of hydrogen-bond donors (Lipinski definition) is 0. The molecule has 0 aliphatic carbocycles. The standard InChI is InChI=1S/C21H30N4O2/c1-21(2,3)27-20(26)25-14-6-5-7-18(25)9-8-17-15-19(24(4)23-17)16-10-12-22-13-11-16/h10-13,15,18H,5-9,14H2,1-4H3. The van der Waals surface area contributed by atoms with E-state index in [1.54, 1.807) is 12.4 Å². The van der Waals surface area contributed by atoms with Gasteiger partial charge in [0.1, 0.15) is 5.60 Å². The van der Waals surface area contributed by atoms with E-state index in [-0.39, 0.29) is 12.1 Å². The maximum atomic E-state index is 12.6. The van der Waals surface area contributed by atoms with Crippen molar-refractivity contribution < 1.29 is 9.53 Å². The van der Waals surface area contributed by atoms with Crippen LogP contribution in [0, 0.1) is 0 Å². The number of pyridine rings is 1. The Balaban J connectivity index is 1.65. The van der Waals surface area contributed by atoms with Crippen molar-refractivity contribution in [1.29, 1.82) is 0 Å². The third-order valence-electron chi connectivity index (χ3n) is 4.90. The van der Waals surface area contributed by atoms with E-state index >= 15 is 0 Å². The largest absolute Gasteiger partial charge is 0.444 e. The molecule has 2 aromatic heterocycles. The molecule has 1 atom stereocenters.